The molecule has 206 valence electrons. The molecule has 1 aliphatic rings. The van der Waals surface area contributed by atoms with Gasteiger partial charge in [0, 0.05) is 17.7 Å². The number of pyridine rings is 1. The summed E-state index contributed by atoms with van der Waals surface area (Å²) in [6.07, 6.45) is 2.06. The minimum absolute atomic E-state index is 0.129. The highest BCUT2D eigenvalue weighted by Gasteiger charge is 2.52. The molecule has 2 aromatic heterocycles. The molecule has 41 heavy (non-hydrogen) atoms. The van der Waals surface area contributed by atoms with Crippen molar-refractivity contribution in [3.05, 3.63) is 119 Å². The van der Waals surface area contributed by atoms with Crippen molar-refractivity contribution >= 4 is 17.5 Å². The number of ether oxygens (including phenoxy) is 1. The monoisotopic (exact) mass is 547 g/mol. The second-order valence-electron chi connectivity index (χ2n) is 10.3. The van der Waals surface area contributed by atoms with Crippen LogP contribution in [0, 0.1) is 12.7 Å². The number of carbonyl (C=O) groups is 1. The molecule has 2 heterocycles. The Morgan fingerprint density at radius 3 is 2.29 bits per heavy atom. The van der Waals surface area contributed by atoms with Gasteiger partial charge in [0.25, 0.3) is 0 Å². The molecule has 0 unspecified atom stereocenters. The summed E-state index contributed by atoms with van der Waals surface area (Å²) in [4.78, 5) is 17.1. The Balaban J connectivity index is 1.19. The van der Waals surface area contributed by atoms with E-state index < -0.39 is 5.41 Å². The van der Waals surface area contributed by atoms with Crippen LogP contribution in [0.3, 0.4) is 0 Å². The van der Waals surface area contributed by atoms with Crippen molar-refractivity contribution in [2.75, 3.05) is 11.9 Å². The fourth-order valence-electron chi connectivity index (χ4n) is 5.13. The SMILES string of the molecule is CCOC(=O)C1(c2ccc(-c3ccc(-c4onc(C)c4Nc4cccc(Cc5ccccc5F)n4)cc3)cc2)CC1. The molecule has 6 nitrogen and oxygen atoms in total. The number of aromatic nitrogens is 2. The van der Waals surface area contributed by atoms with Crippen molar-refractivity contribution in [3.8, 4) is 22.5 Å². The quantitative estimate of drug-likeness (QED) is 0.190. The van der Waals surface area contributed by atoms with Gasteiger partial charge in [-0.05, 0) is 67.1 Å². The standard InChI is InChI=1S/C34H30FN3O3/c1-3-40-33(39)34(19-20-34)27-17-15-24(16-18-27)23-11-13-25(14-12-23)32-31(22(2)38-41-32)37-30-10-6-8-28(36-30)21-26-7-4-5-9-29(26)35/h4-18H,3,19-21H2,1-2H3,(H,36,37). The summed E-state index contributed by atoms with van der Waals surface area (Å²) >= 11 is 0. The molecule has 1 fully saturated rings. The van der Waals surface area contributed by atoms with Gasteiger partial charge >= 0.3 is 5.97 Å². The van der Waals surface area contributed by atoms with Crippen molar-refractivity contribution in [2.45, 2.75) is 38.5 Å². The van der Waals surface area contributed by atoms with Crippen LogP contribution in [0.1, 0.15) is 42.3 Å². The maximum Gasteiger partial charge on any atom is 0.316 e. The van der Waals surface area contributed by atoms with Crippen LogP contribution >= 0.6 is 0 Å². The van der Waals surface area contributed by atoms with Gasteiger partial charge in [-0.3, -0.25) is 4.79 Å². The fraction of sp³-hybridized carbons (Fsp3) is 0.206. The number of hydrogen-bond donors (Lipinski definition) is 1. The molecule has 7 heteroatoms. The number of carbonyl (C=O) groups excluding carboxylic acids is 1. The van der Waals surface area contributed by atoms with Crippen LogP contribution in [-0.2, 0) is 21.4 Å². The molecule has 0 aliphatic heterocycles. The number of nitrogens with zero attached hydrogens (tertiary/aromatic N) is 2. The molecule has 0 radical (unpaired) electrons. The van der Waals surface area contributed by atoms with Crippen LogP contribution in [-0.4, -0.2) is 22.7 Å². The minimum atomic E-state index is -0.474. The van der Waals surface area contributed by atoms with E-state index in [2.05, 4.69) is 27.6 Å². The van der Waals surface area contributed by atoms with Gasteiger partial charge in [0.2, 0.25) is 0 Å². The first-order valence-electron chi connectivity index (χ1n) is 13.8. The lowest BCUT2D eigenvalue weighted by Gasteiger charge is -2.14. The van der Waals surface area contributed by atoms with Gasteiger partial charge in [0.1, 0.15) is 23.0 Å². The number of aryl methyl sites for hydroxylation is 1. The van der Waals surface area contributed by atoms with Crippen molar-refractivity contribution in [2.24, 2.45) is 0 Å². The Morgan fingerprint density at radius 2 is 1.61 bits per heavy atom. The molecular weight excluding hydrogens is 517 g/mol. The van der Waals surface area contributed by atoms with Gasteiger partial charge in [0.05, 0.1) is 12.0 Å². The number of nitrogens with one attached hydrogen (secondary N) is 1. The lowest BCUT2D eigenvalue weighted by atomic mass is 9.93. The number of hydrogen-bond acceptors (Lipinski definition) is 6. The van der Waals surface area contributed by atoms with E-state index in [1.54, 1.807) is 12.1 Å². The summed E-state index contributed by atoms with van der Waals surface area (Å²) in [7, 11) is 0. The first-order valence-corrected chi connectivity index (χ1v) is 13.8. The average Bonchev–Trinajstić information content (AvgIpc) is 3.74. The first kappa shape index (κ1) is 26.4. The van der Waals surface area contributed by atoms with Crippen molar-refractivity contribution in [1.29, 1.82) is 0 Å². The lowest BCUT2D eigenvalue weighted by molar-refractivity contribution is -0.146. The number of benzene rings is 3. The van der Waals surface area contributed by atoms with E-state index >= 15 is 0 Å². The highest BCUT2D eigenvalue weighted by Crippen LogP contribution is 2.49. The summed E-state index contributed by atoms with van der Waals surface area (Å²) in [5.74, 6) is 0.860. The van der Waals surface area contributed by atoms with E-state index in [0.717, 1.165) is 46.5 Å². The molecule has 0 spiro atoms. The van der Waals surface area contributed by atoms with Gasteiger partial charge in [-0.15, -0.1) is 0 Å². The molecule has 5 aromatic rings. The van der Waals surface area contributed by atoms with Crippen molar-refractivity contribution in [1.82, 2.24) is 10.1 Å². The maximum atomic E-state index is 14.2. The third kappa shape index (κ3) is 5.35. The van der Waals surface area contributed by atoms with Crippen molar-refractivity contribution < 1.29 is 18.4 Å². The molecule has 0 bridgehead atoms. The second kappa shape index (κ2) is 11.0. The van der Waals surface area contributed by atoms with Crippen LogP contribution < -0.4 is 5.32 Å². The normalized spacial score (nSPS) is 13.5. The van der Waals surface area contributed by atoms with E-state index in [1.165, 1.54) is 6.07 Å². The van der Waals surface area contributed by atoms with Crippen LogP contribution in [0.5, 0.6) is 0 Å². The molecule has 0 amide bonds. The zero-order valence-corrected chi connectivity index (χ0v) is 23.0. The van der Waals surface area contributed by atoms with E-state index in [1.807, 2.05) is 74.5 Å². The van der Waals surface area contributed by atoms with E-state index in [0.29, 0.717) is 35.9 Å². The first-order chi connectivity index (χ1) is 20.0. The third-order valence-electron chi connectivity index (χ3n) is 7.59. The van der Waals surface area contributed by atoms with E-state index in [9.17, 15) is 9.18 Å². The van der Waals surface area contributed by atoms with Crippen LogP contribution in [0.25, 0.3) is 22.5 Å². The molecule has 3 aromatic carbocycles. The largest absolute Gasteiger partial charge is 0.465 e. The Labute approximate surface area is 238 Å². The number of halogens is 1. The molecule has 1 saturated carbocycles. The topological polar surface area (TPSA) is 77.2 Å². The highest BCUT2D eigenvalue weighted by molar-refractivity contribution is 5.87. The molecule has 1 aliphatic carbocycles. The summed E-state index contributed by atoms with van der Waals surface area (Å²) in [6.45, 7) is 4.10. The zero-order valence-electron chi connectivity index (χ0n) is 23.0. The number of rotatable bonds is 9. The average molecular weight is 548 g/mol. The highest BCUT2D eigenvalue weighted by atomic mass is 19.1. The number of esters is 1. The maximum absolute atomic E-state index is 14.2. The van der Waals surface area contributed by atoms with Gasteiger partial charge in [-0.1, -0.05) is 78.0 Å². The molecule has 0 saturated heterocycles. The van der Waals surface area contributed by atoms with Gasteiger partial charge in [-0.25, -0.2) is 9.37 Å². The third-order valence-corrected chi connectivity index (χ3v) is 7.59. The Morgan fingerprint density at radius 1 is 0.927 bits per heavy atom. The van der Waals surface area contributed by atoms with E-state index in [-0.39, 0.29) is 11.8 Å². The Hall–Kier alpha value is -4.78. The summed E-state index contributed by atoms with van der Waals surface area (Å²) < 4.78 is 25.2. The molecule has 0 atom stereocenters. The fourth-order valence-corrected chi connectivity index (χ4v) is 5.13. The number of anilines is 2. The Bertz CT molecular complexity index is 1690. The Kier molecular flexibility index (Phi) is 7.10. The lowest BCUT2D eigenvalue weighted by Crippen LogP contribution is -2.23. The van der Waals surface area contributed by atoms with Gasteiger partial charge in [-0.2, -0.15) is 0 Å². The molecule has 1 N–H and O–H groups in total. The van der Waals surface area contributed by atoms with E-state index in [4.69, 9.17) is 9.26 Å². The van der Waals surface area contributed by atoms with Crippen LogP contribution in [0.2, 0.25) is 0 Å². The predicted molar refractivity (Wildman–Crippen MR) is 156 cm³/mol. The summed E-state index contributed by atoms with van der Waals surface area (Å²) in [5.41, 5.74) is 6.30. The smallest absolute Gasteiger partial charge is 0.316 e. The van der Waals surface area contributed by atoms with Crippen LogP contribution in [0.15, 0.2) is 95.5 Å². The molecule has 6 rings (SSSR count). The summed E-state index contributed by atoms with van der Waals surface area (Å²) in [5, 5.41) is 7.54. The van der Waals surface area contributed by atoms with Crippen LogP contribution in [0.4, 0.5) is 15.9 Å². The van der Waals surface area contributed by atoms with Gasteiger partial charge < -0.3 is 14.6 Å². The predicted octanol–water partition coefficient (Wildman–Crippen LogP) is 7.78. The van der Waals surface area contributed by atoms with Crippen molar-refractivity contribution in [3.63, 3.8) is 0 Å². The second-order valence-corrected chi connectivity index (χ2v) is 10.3. The zero-order chi connectivity index (χ0) is 28.4. The molecular formula is C34H30FN3O3. The minimum Gasteiger partial charge on any atom is -0.465 e. The van der Waals surface area contributed by atoms with Gasteiger partial charge in [0.15, 0.2) is 5.76 Å². The summed E-state index contributed by atoms with van der Waals surface area (Å²) in [6, 6.07) is 28.6.